The number of rotatable bonds is 6. The van der Waals surface area contributed by atoms with Gasteiger partial charge in [0.1, 0.15) is 0 Å². The van der Waals surface area contributed by atoms with Crippen molar-refractivity contribution >= 4 is 0 Å². The summed E-state index contributed by atoms with van der Waals surface area (Å²) >= 11 is 0. The molecular weight excluding hydrogens is 212 g/mol. The van der Waals surface area contributed by atoms with Gasteiger partial charge in [0.25, 0.3) is 0 Å². The second-order valence-corrected chi connectivity index (χ2v) is 5.75. The smallest absolute Gasteiger partial charge is 0.0791 e. The Morgan fingerprint density at radius 1 is 1.29 bits per heavy atom. The molecule has 1 aliphatic carbocycles. The molecule has 3 unspecified atom stereocenters. The predicted molar refractivity (Wildman–Crippen MR) is 71.1 cm³/mol. The van der Waals surface area contributed by atoms with E-state index < -0.39 is 0 Å². The highest BCUT2D eigenvalue weighted by molar-refractivity contribution is 4.90. The van der Waals surface area contributed by atoms with Crippen LogP contribution in [0.2, 0.25) is 0 Å². The molecule has 2 N–H and O–H groups in total. The normalized spacial score (nSPS) is 31.4. The molecule has 1 saturated heterocycles. The van der Waals surface area contributed by atoms with E-state index >= 15 is 0 Å². The van der Waals surface area contributed by atoms with Crippen molar-refractivity contribution < 1.29 is 5.11 Å². The highest BCUT2D eigenvalue weighted by Crippen LogP contribution is 2.35. The van der Waals surface area contributed by atoms with E-state index in [1.807, 2.05) is 0 Å². The van der Waals surface area contributed by atoms with Crippen molar-refractivity contribution in [1.82, 2.24) is 10.2 Å². The summed E-state index contributed by atoms with van der Waals surface area (Å²) in [7, 11) is 0. The van der Waals surface area contributed by atoms with Crippen LogP contribution in [0.15, 0.2) is 0 Å². The van der Waals surface area contributed by atoms with Gasteiger partial charge in [-0.05, 0) is 44.7 Å². The lowest BCUT2D eigenvalue weighted by Crippen LogP contribution is -2.42. The second-order valence-electron chi connectivity index (χ2n) is 5.75. The van der Waals surface area contributed by atoms with Gasteiger partial charge in [-0.15, -0.1) is 0 Å². The summed E-state index contributed by atoms with van der Waals surface area (Å²) < 4.78 is 0. The van der Waals surface area contributed by atoms with Crippen LogP contribution in [0.1, 0.15) is 45.4 Å². The summed E-state index contributed by atoms with van der Waals surface area (Å²) in [6.07, 6.45) is 7.91. The van der Waals surface area contributed by atoms with E-state index in [4.69, 9.17) is 0 Å². The number of nitrogens with one attached hydrogen (secondary N) is 1. The maximum atomic E-state index is 10.0. The molecule has 0 spiro atoms. The quantitative estimate of drug-likeness (QED) is 0.692. The molecule has 1 saturated carbocycles. The highest BCUT2D eigenvalue weighted by Gasteiger charge is 2.35. The Labute approximate surface area is 106 Å². The fourth-order valence-electron chi connectivity index (χ4n) is 3.51. The highest BCUT2D eigenvalue weighted by atomic mass is 16.3. The standard InChI is InChI=1S/C14H28N2O/c1-2-8-15-10-13(17)11-16-9-7-12-5-3-4-6-14(12)16/h12-15,17H,2-11H2,1H3. The maximum absolute atomic E-state index is 10.0. The van der Waals surface area contributed by atoms with Gasteiger partial charge in [-0.1, -0.05) is 19.8 Å². The Bertz CT molecular complexity index is 222. The van der Waals surface area contributed by atoms with E-state index in [9.17, 15) is 5.11 Å². The Morgan fingerprint density at radius 2 is 2.12 bits per heavy atom. The van der Waals surface area contributed by atoms with Crippen molar-refractivity contribution in [3.05, 3.63) is 0 Å². The molecule has 0 aromatic rings. The Balaban J connectivity index is 1.71. The number of fused-ring (bicyclic) bond motifs is 1. The van der Waals surface area contributed by atoms with E-state index in [1.54, 1.807) is 0 Å². The van der Waals surface area contributed by atoms with E-state index in [-0.39, 0.29) is 6.10 Å². The third-order valence-electron chi connectivity index (χ3n) is 4.38. The summed E-state index contributed by atoms with van der Waals surface area (Å²) in [6.45, 7) is 6.01. The van der Waals surface area contributed by atoms with Crippen LogP contribution in [0.25, 0.3) is 0 Å². The molecular formula is C14H28N2O. The Hall–Kier alpha value is -0.120. The van der Waals surface area contributed by atoms with Crippen molar-refractivity contribution in [2.45, 2.75) is 57.6 Å². The molecule has 0 bridgehead atoms. The van der Waals surface area contributed by atoms with E-state index in [2.05, 4.69) is 17.1 Å². The molecule has 0 aromatic heterocycles. The lowest BCUT2D eigenvalue weighted by atomic mass is 9.85. The van der Waals surface area contributed by atoms with Crippen LogP contribution in [0, 0.1) is 5.92 Å². The second kappa shape index (κ2) is 6.72. The maximum Gasteiger partial charge on any atom is 0.0791 e. The number of likely N-dealkylation sites (tertiary alicyclic amines) is 1. The zero-order chi connectivity index (χ0) is 12.1. The van der Waals surface area contributed by atoms with Gasteiger partial charge in [-0.2, -0.15) is 0 Å². The first-order valence-electron chi connectivity index (χ1n) is 7.44. The number of hydrogen-bond acceptors (Lipinski definition) is 3. The number of nitrogens with zero attached hydrogens (tertiary/aromatic N) is 1. The molecule has 100 valence electrons. The van der Waals surface area contributed by atoms with Crippen molar-refractivity contribution in [2.24, 2.45) is 5.92 Å². The average Bonchev–Trinajstić information content (AvgIpc) is 2.73. The number of aliphatic hydroxyl groups excluding tert-OH is 1. The lowest BCUT2D eigenvalue weighted by molar-refractivity contribution is 0.0888. The summed E-state index contributed by atoms with van der Waals surface area (Å²) in [5.74, 6) is 0.930. The van der Waals surface area contributed by atoms with Crippen LogP contribution in [-0.4, -0.2) is 48.3 Å². The van der Waals surface area contributed by atoms with Crippen LogP contribution in [0.3, 0.4) is 0 Å². The summed E-state index contributed by atoms with van der Waals surface area (Å²) in [5, 5.41) is 13.3. The van der Waals surface area contributed by atoms with Crippen LogP contribution >= 0.6 is 0 Å². The van der Waals surface area contributed by atoms with Crippen molar-refractivity contribution in [3.63, 3.8) is 0 Å². The van der Waals surface area contributed by atoms with Gasteiger partial charge in [0.15, 0.2) is 0 Å². The molecule has 2 rings (SSSR count). The molecule has 0 radical (unpaired) electrons. The molecule has 17 heavy (non-hydrogen) atoms. The van der Waals surface area contributed by atoms with Gasteiger partial charge >= 0.3 is 0 Å². The van der Waals surface area contributed by atoms with E-state index in [0.717, 1.165) is 38.0 Å². The van der Waals surface area contributed by atoms with Gasteiger partial charge in [-0.25, -0.2) is 0 Å². The monoisotopic (exact) mass is 240 g/mol. The largest absolute Gasteiger partial charge is 0.390 e. The molecule has 2 aliphatic rings. The minimum Gasteiger partial charge on any atom is -0.390 e. The fourth-order valence-corrected chi connectivity index (χ4v) is 3.51. The van der Waals surface area contributed by atoms with Gasteiger partial charge in [0.2, 0.25) is 0 Å². The SMILES string of the molecule is CCCNCC(O)CN1CCC2CCCCC21. The summed E-state index contributed by atoms with van der Waals surface area (Å²) in [6, 6.07) is 0.782. The topological polar surface area (TPSA) is 35.5 Å². The molecule has 3 nitrogen and oxygen atoms in total. The number of aliphatic hydroxyl groups is 1. The zero-order valence-corrected chi connectivity index (χ0v) is 11.2. The zero-order valence-electron chi connectivity index (χ0n) is 11.2. The van der Waals surface area contributed by atoms with Crippen molar-refractivity contribution in [3.8, 4) is 0 Å². The number of β-amino-alcohol motifs (C(OH)–C–C–N with tert-alkyl or cyclic N) is 1. The first-order valence-corrected chi connectivity index (χ1v) is 7.44. The lowest BCUT2D eigenvalue weighted by Gasteiger charge is -2.32. The molecule has 0 aromatic carbocycles. The Morgan fingerprint density at radius 3 is 2.94 bits per heavy atom. The Kier molecular flexibility index (Phi) is 5.26. The molecule has 1 heterocycles. The fraction of sp³-hybridized carbons (Fsp3) is 1.00. The van der Waals surface area contributed by atoms with Gasteiger partial charge in [0.05, 0.1) is 6.10 Å². The van der Waals surface area contributed by atoms with E-state index in [0.29, 0.717) is 0 Å². The third-order valence-corrected chi connectivity index (χ3v) is 4.38. The first-order chi connectivity index (χ1) is 8.31. The van der Waals surface area contributed by atoms with Gasteiger partial charge in [-0.3, -0.25) is 4.90 Å². The number of hydrogen-bond donors (Lipinski definition) is 2. The van der Waals surface area contributed by atoms with Crippen LogP contribution in [0.5, 0.6) is 0 Å². The molecule has 3 heteroatoms. The minimum absolute atomic E-state index is 0.192. The van der Waals surface area contributed by atoms with Crippen LogP contribution < -0.4 is 5.32 Å². The van der Waals surface area contributed by atoms with Crippen molar-refractivity contribution in [1.29, 1.82) is 0 Å². The summed E-state index contributed by atoms with van der Waals surface area (Å²) in [5.41, 5.74) is 0. The molecule has 1 aliphatic heterocycles. The predicted octanol–water partition coefficient (Wildman–Crippen LogP) is 1.61. The minimum atomic E-state index is -0.192. The molecule has 0 amide bonds. The summed E-state index contributed by atoms with van der Waals surface area (Å²) in [4.78, 5) is 2.54. The van der Waals surface area contributed by atoms with Crippen molar-refractivity contribution in [2.75, 3.05) is 26.2 Å². The molecule has 2 fully saturated rings. The molecule has 3 atom stereocenters. The first kappa shape index (κ1) is 13.3. The average molecular weight is 240 g/mol. The third kappa shape index (κ3) is 3.67. The van der Waals surface area contributed by atoms with Crippen LogP contribution in [-0.2, 0) is 0 Å². The van der Waals surface area contributed by atoms with Crippen LogP contribution in [0.4, 0.5) is 0 Å². The van der Waals surface area contributed by atoms with E-state index in [1.165, 1.54) is 38.6 Å². The van der Waals surface area contributed by atoms with Gasteiger partial charge < -0.3 is 10.4 Å². The van der Waals surface area contributed by atoms with Gasteiger partial charge in [0, 0.05) is 19.1 Å².